The predicted octanol–water partition coefficient (Wildman–Crippen LogP) is 7.41. The molecule has 522 valence electrons. The van der Waals surface area contributed by atoms with Crippen molar-refractivity contribution >= 4 is 55.4 Å². The molecular weight excluding hydrogens is 1250 g/mol. The van der Waals surface area contributed by atoms with Crippen LogP contribution in [0.5, 0.6) is 23.0 Å². The van der Waals surface area contributed by atoms with Crippen LogP contribution in [0.1, 0.15) is 121 Å². The van der Waals surface area contributed by atoms with E-state index in [0.717, 1.165) is 49.7 Å². The summed E-state index contributed by atoms with van der Waals surface area (Å²) in [5, 5.41) is 32.1. The highest BCUT2D eigenvalue weighted by molar-refractivity contribution is 7.85. The van der Waals surface area contributed by atoms with E-state index in [1.165, 1.54) is 0 Å². The summed E-state index contributed by atoms with van der Waals surface area (Å²) in [6.45, 7) is 13.9. The molecule has 1 aromatic heterocycles. The minimum Gasteiger partial charge on any atom is -0.748 e. The number of hydrogen-bond acceptors (Lipinski definition) is 21. The molecule has 0 saturated heterocycles. The highest BCUT2D eigenvalue weighted by Gasteiger charge is 2.55. The van der Waals surface area contributed by atoms with Gasteiger partial charge in [0.1, 0.15) is 35.2 Å². The summed E-state index contributed by atoms with van der Waals surface area (Å²) in [5.41, 5.74) is 5.00. The Morgan fingerprint density at radius 3 is 1.85 bits per heavy atom. The maximum atomic E-state index is 15.3. The van der Waals surface area contributed by atoms with Crippen molar-refractivity contribution in [3.63, 3.8) is 0 Å². The number of nitrogens with zero attached hydrogens (tertiary/aromatic N) is 2. The molecule has 2 saturated carbocycles. The first kappa shape index (κ1) is 74.2. The summed E-state index contributed by atoms with van der Waals surface area (Å²) in [6.07, 6.45) is 4.42. The molecule has 1 heterocycles. The van der Waals surface area contributed by atoms with Crippen LogP contribution in [0.25, 0.3) is 21.8 Å². The van der Waals surface area contributed by atoms with Gasteiger partial charge in [0.2, 0.25) is 11.0 Å². The zero-order valence-electron chi connectivity index (χ0n) is 56.0. The number of carbonyl (C=O) groups excluding carboxylic acids is 3. The van der Waals surface area contributed by atoms with E-state index in [4.69, 9.17) is 56.9 Å². The number of aryl methyl sites for hydroxylation is 3. The van der Waals surface area contributed by atoms with Crippen molar-refractivity contribution in [1.82, 2.24) is 10.6 Å². The van der Waals surface area contributed by atoms with Crippen LogP contribution >= 0.6 is 0 Å². The molecule has 4 aromatic carbocycles. The lowest BCUT2D eigenvalue weighted by atomic mass is 9.55. The summed E-state index contributed by atoms with van der Waals surface area (Å²) in [7, 11) is -1.43. The highest BCUT2D eigenvalue weighted by Crippen LogP contribution is 2.61. The van der Waals surface area contributed by atoms with Crippen molar-refractivity contribution in [2.75, 3.05) is 132 Å². The Labute approximate surface area is 557 Å². The van der Waals surface area contributed by atoms with Crippen LogP contribution in [0, 0.1) is 31.1 Å². The second-order valence-corrected chi connectivity index (χ2v) is 26.2. The third-order valence-corrected chi connectivity index (χ3v) is 18.5. The molecule has 8 rings (SSSR count). The summed E-state index contributed by atoms with van der Waals surface area (Å²) < 4.78 is 102. The molecule has 4 N–H and O–H groups in total. The number of hydrogen-bond donors (Lipinski definition) is 4. The van der Waals surface area contributed by atoms with Crippen molar-refractivity contribution < 1.29 is 99.1 Å². The number of aliphatic hydroxyl groups excluding tert-OH is 1. The number of amides is 2. The van der Waals surface area contributed by atoms with Gasteiger partial charge in [-0.05, 0) is 147 Å². The summed E-state index contributed by atoms with van der Waals surface area (Å²) >= 11 is 0. The molecule has 25 heteroatoms. The number of aromatic hydroxyl groups is 1. The van der Waals surface area contributed by atoms with Crippen LogP contribution in [0.3, 0.4) is 0 Å². The van der Waals surface area contributed by atoms with E-state index < -0.39 is 34.0 Å². The topological polar surface area (TPSA) is 300 Å². The third-order valence-electron chi connectivity index (χ3n) is 17.7. The normalized spacial score (nSPS) is 18.9. The van der Waals surface area contributed by atoms with E-state index in [9.17, 15) is 32.8 Å². The predicted molar refractivity (Wildman–Crippen MR) is 353 cm³/mol. The van der Waals surface area contributed by atoms with Gasteiger partial charge >= 0.3 is 5.97 Å². The lowest BCUT2D eigenvalue weighted by molar-refractivity contribution is -0.645. The molecule has 5 atom stereocenters. The average Bonchev–Trinajstić information content (AvgIpc) is 1.73. The minimum absolute atomic E-state index is 0.0335. The molecule has 95 heavy (non-hydrogen) atoms. The molecule has 2 amide bonds. The number of fused-ring (bicyclic) bond motifs is 7. The first-order valence-electron chi connectivity index (χ1n) is 33.1. The van der Waals surface area contributed by atoms with Crippen LogP contribution in [-0.4, -0.2) is 197 Å². The number of esters is 1. The van der Waals surface area contributed by atoms with Gasteiger partial charge in [-0.15, -0.1) is 0 Å². The number of ether oxygens (including phenoxy) is 11. The first-order valence-corrected chi connectivity index (χ1v) is 34.7. The number of rotatable bonds is 41. The molecule has 5 unspecified atom stereocenters. The van der Waals surface area contributed by atoms with Crippen LogP contribution < -0.4 is 29.4 Å². The van der Waals surface area contributed by atoms with E-state index >= 15 is 4.79 Å². The van der Waals surface area contributed by atoms with Crippen LogP contribution in [-0.2, 0) is 64.2 Å². The highest BCUT2D eigenvalue weighted by atomic mass is 32.2. The number of oxime groups is 1. The van der Waals surface area contributed by atoms with Gasteiger partial charge in [-0.2, -0.15) is 4.57 Å². The second kappa shape index (κ2) is 36.6. The molecule has 0 aliphatic heterocycles. The van der Waals surface area contributed by atoms with Gasteiger partial charge in [0.05, 0.1) is 118 Å². The van der Waals surface area contributed by atoms with Gasteiger partial charge in [-0.25, -0.2) is 13.2 Å². The van der Waals surface area contributed by atoms with Crippen molar-refractivity contribution in [2.24, 2.45) is 22.4 Å². The number of phenols is 1. The number of methoxy groups -OCH3 is 2. The zero-order valence-corrected chi connectivity index (χ0v) is 56.8. The fourth-order valence-electron chi connectivity index (χ4n) is 13.2. The van der Waals surface area contributed by atoms with E-state index in [2.05, 4.69) is 22.7 Å². The van der Waals surface area contributed by atoms with Gasteiger partial charge in [-0.3, -0.25) is 9.59 Å². The van der Waals surface area contributed by atoms with Crippen molar-refractivity contribution in [3.8, 4) is 23.0 Å². The minimum atomic E-state index is -4.58. The molecule has 2 fully saturated rings. The number of aliphatic hydroxyl groups is 1. The van der Waals surface area contributed by atoms with Gasteiger partial charge in [-0.1, -0.05) is 32.0 Å². The Morgan fingerprint density at radius 1 is 0.716 bits per heavy atom. The smallest absolute Gasteiger partial charge is 0.345 e. The summed E-state index contributed by atoms with van der Waals surface area (Å²) in [6, 6.07) is 19.1. The fraction of sp³-hybridized carbons (Fsp3) is 0.586. The maximum absolute atomic E-state index is 15.3. The molecule has 0 spiro atoms. The van der Waals surface area contributed by atoms with E-state index in [1.54, 1.807) is 88.7 Å². The van der Waals surface area contributed by atoms with Gasteiger partial charge in [0.25, 0.3) is 11.8 Å². The Kier molecular flexibility index (Phi) is 28.6. The average molecular weight is 1350 g/mol. The largest absolute Gasteiger partial charge is 0.748 e. The van der Waals surface area contributed by atoms with Crippen LogP contribution in [0.15, 0.2) is 71.9 Å². The summed E-state index contributed by atoms with van der Waals surface area (Å²) in [4.78, 5) is 47.2. The number of carbonyl (C=O) groups is 3. The fourth-order valence-corrected chi connectivity index (χ4v) is 13.7. The lowest BCUT2D eigenvalue weighted by Gasteiger charge is -2.50. The monoisotopic (exact) mass is 1340 g/mol. The molecule has 0 radical (unpaired) electrons. The molecule has 0 bridgehead atoms. The molecule has 3 aliphatic rings. The van der Waals surface area contributed by atoms with E-state index in [-0.39, 0.29) is 132 Å². The quantitative estimate of drug-likeness (QED) is 0.00563. The van der Waals surface area contributed by atoms with Gasteiger partial charge < -0.3 is 82.3 Å². The standard InChI is InChI=1S/C70H96N4O20S/c1-8-24-87-41-52(42-88-25-9-2)92-50-12-16-62-58(38-50)66(59-39-51(13-17-63(59)74(62)23-10-34-95(80,81)82)93-53(43-89-30-28-83-6)44-90-31-29-84-7)69(79)94-67-46(3)35-48(36-47(67)4)68(78)72-22-27-86-33-32-85-26-21-71-65(77)45-91-73-61-40-56-55(54-14-11-49(75)37-57(54)61)19-20-70(5)60(56)15-18-64(70)76/h11-14,16-17,35-39,52-53,55-56,60,64,76H,8-10,15,18-34,40-45H2,1-7H3,(H3-,71,72,75,77,78,80,81,82). The maximum Gasteiger partial charge on any atom is 0.345 e. The SMILES string of the molecule is CCCOCC(COCCC)Oc1ccc2c(c1)c(C(=O)Oc1c(C)cc(C(=O)NCCOCCOCCNC(=O)CON=C3CC4C(CCC5(C)C(O)CCC45)c4ccc(O)cc43)cc1C)c1cc(OC(COCCOC)COCCOC)ccc1[n+]2CCCS(=O)(=O)[O-]. The first-order chi connectivity index (χ1) is 45.9. The number of pyridine rings is 1. The van der Waals surface area contributed by atoms with Crippen molar-refractivity contribution in [3.05, 3.63) is 100 Å². The number of aromatic nitrogens is 1. The molecule has 3 aliphatic carbocycles. The van der Waals surface area contributed by atoms with E-state index in [1.807, 2.05) is 24.5 Å². The molecule has 5 aromatic rings. The Bertz CT molecular complexity index is 3450. The zero-order chi connectivity index (χ0) is 67.9. The third kappa shape index (κ3) is 20.7. The Morgan fingerprint density at radius 2 is 1.28 bits per heavy atom. The lowest BCUT2D eigenvalue weighted by Crippen LogP contribution is -2.45. The van der Waals surface area contributed by atoms with Crippen LogP contribution in [0.4, 0.5) is 0 Å². The van der Waals surface area contributed by atoms with Gasteiger partial charge in [0, 0.05) is 76.0 Å². The van der Waals surface area contributed by atoms with Gasteiger partial charge in [0.15, 0.2) is 13.2 Å². The Hall–Kier alpha value is -6.62. The van der Waals surface area contributed by atoms with Crippen LogP contribution in [0.2, 0.25) is 0 Å². The Balaban J connectivity index is 0.897. The number of phenolic OH excluding ortho intramolecular Hbond substituents is 1. The van der Waals surface area contributed by atoms with E-state index in [0.29, 0.717) is 114 Å². The summed E-state index contributed by atoms with van der Waals surface area (Å²) in [5.74, 6) is -0.0810. The second-order valence-electron chi connectivity index (χ2n) is 24.7. The molecular formula is C70H96N4O20S. The van der Waals surface area contributed by atoms with Crippen molar-refractivity contribution in [1.29, 1.82) is 0 Å². The number of nitrogens with one attached hydrogen (secondary N) is 2. The molecule has 24 nitrogen and oxygen atoms in total. The van der Waals surface area contributed by atoms with Crippen molar-refractivity contribution in [2.45, 2.75) is 117 Å². The number of benzene rings is 4.